The highest BCUT2D eigenvalue weighted by molar-refractivity contribution is 6.18. The molecule has 0 aromatic heterocycles. The van der Waals surface area contributed by atoms with Crippen molar-refractivity contribution >= 4 is 29.1 Å². The number of amides is 2. The van der Waals surface area contributed by atoms with E-state index >= 15 is 0 Å². The van der Waals surface area contributed by atoms with E-state index in [-0.39, 0.29) is 17.7 Å². The SMILES string of the molecule is O=C1NCc2cc(N3CC(CCl)CC3=O)ccc21. The topological polar surface area (TPSA) is 49.4 Å². The van der Waals surface area contributed by atoms with Gasteiger partial charge in [-0.2, -0.15) is 0 Å². The summed E-state index contributed by atoms with van der Waals surface area (Å²) in [6, 6.07) is 5.54. The minimum atomic E-state index is -0.0390. The Hall–Kier alpha value is -1.55. The first-order chi connectivity index (χ1) is 8.69. The number of benzene rings is 1. The number of anilines is 1. The van der Waals surface area contributed by atoms with Gasteiger partial charge in [0.15, 0.2) is 0 Å². The highest BCUT2D eigenvalue weighted by atomic mass is 35.5. The predicted molar refractivity (Wildman–Crippen MR) is 68.8 cm³/mol. The average molecular weight is 265 g/mol. The van der Waals surface area contributed by atoms with Gasteiger partial charge in [-0.1, -0.05) is 0 Å². The van der Waals surface area contributed by atoms with E-state index in [4.69, 9.17) is 11.6 Å². The summed E-state index contributed by atoms with van der Waals surface area (Å²) in [4.78, 5) is 25.1. The van der Waals surface area contributed by atoms with Crippen LogP contribution in [0.3, 0.4) is 0 Å². The maximum Gasteiger partial charge on any atom is 0.251 e. The molecule has 0 bridgehead atoms. The van der Waals surface area contributed by atoms with Gasteiger partial charge in [-0.3, -0.25) is 9.59 Å². The van der Waals surface area contributed by atoms with Crippen LogP contribution in [0.4, 0.5) is 5.69 Å². The van der Waals surface area contributed by atoms with E-state index in [1.165, 1.54) is 0 Å². The number of halogens is 1. The molecule has 1 saturated heterocycles. The second-order valence-electron chi connectivity index (χ2n) is 4.75. The molecule has 1 atom stereocenters. The Bertz CT molecular complexity index is 530. The number of fused-ring (bicyclic) bond motifs is 1. The summed E-state index contributed by atoms with van der Waals surface area (Å²) < 4.78 is 0. The van der Waals surface area contributed by atoms with E-state index in [1.807, 2.05) is 12.1 Å². The summed E-state index contributed by atoms with van der Waals surface area (Å²) in [5.41, 5.74) is 2.53. The molecule has 2 amide bonds. The molecule has 2 heterocycles. The van der Waals surface area contributed by atoms with E-state index in [0.29, 0.717) is 31.0 Å². The van der Waals surface area contributed by atoms with Gasteiger partial charge in [0.1, 0.15) is 0 Å². The van der Waals surface area contributed by atoms with Gasteiger partial charge in [0.05, 0.1) is 0 Å². The Balaban J connectivity index is 1.90. The van der Waals surface area contributed by atoms with Crippen molar-refractivity contribution in [3.8, 4) is 0 Å². The smallest absolute Gasteiger partial charge is 0.251 e. The minimum absolute atomic E-state index is 0.0390. The van der Waals surface area contributed by atoms with Gasteiger partial charge >= 0.3 is 0 Å². The van der Waals surface area contributed by atoms with Gasteiger partial charge in [0, 0.05) is 36.6 Å². The number of nitrogens with zero attached hydrogens (tertiary/aromatic N) is 1. The Morgan fingerprint density at radius 1 is 1.39 bits per heavy atom. The largest absolute Gasteiger partial charge is 0.348 e. The Morgan fingerprint density at radius 3 is 2.94 bits per heavy atom. The summed E-state index contributed by atoms with van der Waals surface area (Å²) in [6.45, 7) is 1.21. The molecular formula is C13H13ClN2O2. The molecule has 0 spiro atoms. The van der Waals surface area contributed by atoms with Crippen LogP contribution in [0, 0.1) is 5.92 Å². The van der Waals surface area contributed by atoms with Crippen LogP contribution in [0.1, 0.15) is 22.3 Å². The maximum absolute atomic E-state index is 11.9. The summed E-state index contributed by atoms with van der Waals surface area (Å²) in [7, 11) is 0. The number of hydrogen-bond acceptors (Lipinski definition) is 2. The summed E-state index contributed by atoms with van der Waals surface area (Å²) >= 11 is 5.81. The normalized spacial score (nSPS) is 22.3. The molecule has 0 aliphatic carbocycles. The van der Waals surface area contributed by atoms with Gasteiger partial charge in [0.2, 0.25) is 5.91 Å². The third kappa shape index (κ3) is 1.77. The fraction of sp³-hybridized carbons (Fsp3) is 0.385. The molecule has 4 nitrogen and oxygen atoms in total. The van der Waals surface area contributed by atoms with Gasteiger partial charge in [-0.15, -0.1) is 11.6 Å². The van der Waals surface area contributed by atoms with Crippen LogP contribution in [-0.2, 0) is 11.3 Å². The van der Waals surface area contributed by atoms with Crippen LogP contribution in [0.5, 0.6) is 0 Å². The zero-order valence-corrected chi connectivity index (χ0v) is 10.5. The van der Waals surface area contributed by atoms with E-state index in [2.05, 4.69) is 5.32 Å². The molecule has 2 aliphatic heterocycles. The molecule has 94 valence electrons. The lowest BCUT2D eigenvalue weighted by molar-refractivity contribution is -0.117. The molecule has 1 aromatic rings. The first-order valence-corrected chi connectivity index (χ1v) is 6.50. The molecule has 0 radical (unpaired) electrons. The minimum Gasteiger partial charge on any atom is -0.348 e. The van der Waals surface area contributed by atoms with Crippen molar-refractivity contribution < 1.29 is 9.59 Å². The zero-order chi connectivity index (χ0) is 12.7. The van der Waals surface area contributed by atoms with Crippen LogP contribution in [-0.4, -0.2) is 24.2 Å². The summed E-state index contributed by atoms with van der Waals surface area (Å²) in [5, 5.41) is 2.77. The van der Waals surface area contributed by atoms with Crippen LogP contribution in [0.15, 0.2) is 18.2 Å². The van der Waals surface area contributed by atoms with Crippen LogP contribution in [0.2, 0.25) is 0 Å². The number of nitrogens with one attached hydrogen (secondary N) is 1. The van der Waals surface area contributed by atoms with Crippen LogP contribution < -0.4 is 10.2 Å². The fourth-order valence-electron chi connectivity index (χ4n) is 2.52. The lowest BCUT2D eigenvalue weighted by Crippen LogP contribution is -2.24. The number of carbonyl (C=O) groups excluding carboxylic acids is 2. The van der Waals surface area contributed by atoms with Gasteiger partial charge in [0.25, 0.3) is 5.91 Å². The summed E-state index contributed by atoms with van der Waals surface area (Å²) in [6.07, 6.45) is 0.512. The van der Waals surface area contributed by atoms with Crippen molar-refractivity contribution in [2.45, 2.75) is 13.0 Å². The van der Waals surface area contributed by atoms with Gasteiger partial charge in [-0.05, 0) is 29.7 Å². The molecule has 1 unspecified atom stereocenters. The Labute approximate surface area is 110 Å². The Kier molecular flexibility index (Phi) is 2.74. The van der Waals surface area contributed by atoms with Crippen molar-refractivity contribution in [2.75, 3.05) is 17.3 Å². The second-order valence-corrected chi connectivity index (χ2v) is 5.06. The molecule has 1 aromatic carbocycles. The zero-order valence-electron chi connectivity index (χ0n) is 9.78. The lowest BCUT2D eigenvalue weighted by atomic mass is 10.1. The first kappa shape index (κ1) is 11.5. The molecule has 3 rings (SSSR count). The van der Waals surface area contributed by atoms with Crippen molar-refractivity contribution in [1.29, 1.82) is 0 Å². The third-order valence-electron chi connectivity index (χ3n) is 3.51. The number of alkyl halides is 1. The number of hydrogen-bond donors (Lipinski definition) is 1. The summed E-state index contributed by atoms with van der Waals surface area (Å²) in [5.74, 6) is 0.806. The molecule has 0 saturated carbocycles. The van der Waals surface area contributed by atoms with Crippen molar-refractivity contribution in [2.24, 2.45) is 5.92 Å². The second kappa shape index (κ2) is 4.28. The number of carbonyl (C=O) groups is 2. The van der Waals surface area contributed by atoms with Crippen molar-refractivity contribution in [1.82, 2.24) is 5.32 Å². The average Bonchev–Trinajstić information content (AvgIpc) is 2.93. The fourth-order valence-corrected chi connectivity index (χ4v) is 2.73. The van der Waals surface area contributed by atoms with Gasteiger partial charge in [-0.25, -0.2) is 0 Å². The van der Waals surface area contributed by atoms with Gasteiger partial charge < -0.3 is 10.2 Å². The van der Waals surface area contributed by atoms with Crippen molar-refractivity contribution in [3.05, 3.63) is 29.3 Å². The third-order valence-corrected chi connectivity index (χ3v) is 3.94. The molecule has 18 heavy (non-hydrogen) atoms. The van der Waals surface area contributed by atoms with E-state index in [0.717, 1.165) is 11.3 Å². The van der Waals surface area contributed by atoms with E-state index in [1.54, 1.807) is 11.0 Å². The molecule has 1 N–H and O–H groups in total. The van der Waals surface area contributed by atoms with E-state index < -0.39 is 0 Å². The molecule has 1 fully saturated rings. The number of rotatable bonds is 2. The highest BCUT2D eigenvalue weighted by Gasteiger charge is 2.30. The highest BCUT2D eigenvalue weighted by Crippen LogP contribution is 2.28. The maximum atomic E-state index is 11.9. The Morgan fingerprint density at radius 2 is 2.22 bits per heavy atom. The van der Waals surface area contributed by atoms with Crippen LogP contribution in [0.25, 0.3) is 0 Å². The lowest BCUT2D eigenvalue weighted by Gasteiger charge is -2.17. The molecule has 2 aliphatic rings. The monoisotopic (exact) mass is 264 g/mol. The van der Waals surface area contributed by atoms with Crippen molar-refractivity contribution in [3.63, 3.8) is 0 Å². The molecular weight excluding hydrogens is 252 g/mol. The van der Waals surface area contributed by atoms with Crippen LogP contribution >= 0.6 is 11.6 Å². The standard InChI is InChI=1S/C13H13ClN2O2/c14-5-8-3-12(17)16(7-8)10-1-2-11-9(4-10)6-15-13(11)18/h1-2,4,8H,3,5-7H2,(H,15,18). The predicted octanol–water partition coefficient (Wildman–Crippen LogP) is 1.52. The molecule has 5 heteroatoms. The first-order valence-electron chi connectivity index (χ1n) is 5.96. The quantitative estimate of drug-likeness (QED) is 0.824. The van der Waals surface area contributed by atoms with E-state index in [9.17, 15) is 9.59 Å².